The lowest BCUT2D eigenvalue weighted by molar-refractivity contribution is -0.152. The van der Waals surface area contributed by atoms with Crippen molar-refractivity contribution < 1.29 is 28.7 Å². The van der Waals surface area contributed by atoms with E-state index in [1.54, 1.807) is 6.92 Å². The highest BCUT2D eigenvalue weighted by Crippen LogP contribution is 2.28. The molecule has 7 heteroatoms. The third kappa shape index (κ3) is 6.99. The van der Waals surface area contributed by atoms with Crippen LogP contribution in [0.5, 0.6) is 0 Å². The highest BCUT2D eigenvalue weighted by atomic mass is 31.1. The Kier molecular flexibility index (Phi) is 6.83. The summed E-state index contributed by atoms with van der Waals surface area (Å²) in [6, 6.07) is 0. The molecule has 0 aliphatic heterocycles. The van der Waals surface area contributed by atoms with E-state index in [-0.39, 0.29) is 6.35 Å². The molecule has 2 unspecified atom stereocenters. The van der Waals surface area contributed by atoms with Gasteiger partial charge in [-0.15, -0.1) is 0 Å². The minimum atomic E-state index is -1.81. The van der Waals surface area contributed by atoms with Gasteiger partial charge in [0.25, 0.3) is 5.85 Å². The van der Waals surface area contributed by atoms with Gasteiger partial charge in [0, 0.05) is 13.5 Å². The summed E-state index contributed by atoms with van der Waals surface area (Å²) >= 11 is 0. The maximum Gasteiger partial charge on any atom is 0.410 e. The Morgan fingerprint density at radius 1 is 1.47 bits per heavy atom. The predicted octanol–water partition coefficient (Wildman–Crippen LogP) is 1.17. The van der Waals surface area contributed by atoms with Gasteiger partial charge in [0.05, 0.1) is 0 Å². The predicted molar refractivity (Wildman–Crippen MR) is 51.9 cm³/mol. The maximum atomic E-state index is 11.3. The maximum absolute atomic E-state index is 11.3. The molecule has 0 amide bonds. The number of carbonyl (C=O) groups is 2. The smallest absolute Gasteiger partial charge is 0.410 e. The van der Waals surface area contributed by atoms with Gasteiger partial charge in [-0.1, -0.05) is 4.57 Å². The second-order valence-corrected chi connectivity index (χ2v) is 4.52. The van der Waals surface area contributed by atoms with Crippen molar-refractivity contribution in [3.63, 3.8) is 0 Å². The van der Waals surface area contributed by atoms with Gasteiger partial charge in [-0.05, 0) is 6.92 Å². The molecule has 6 nitrogen and oxygen atoms in total. The van der Waals surface area contributed by atoms with Crippen LogP contribution in [0.25, 0.3) is 0 Å². The van der Waals surface area contributed by atoms with Crippen molar-refractivity contribution in [2.45, 2.75) is 26.1 Å². The standard InChI is InChI=1S/C8H13O6P/c1-3-13-5-15(12)6(2)14-8(11)4-7(9)10/h6H,3-5H2,1-2H3/p+1. The molecule has 0 aromatic carbocycles. The zero-order valence-electron chi connectivity index (χ0n) is 8.63. The summed E-state index contributed by atoms with van der Waals surface area (Å²) in [4.78, 5) is 21.0. The molecule has 0 saturated heterocycles. The number of carboxylic acid groups (broad SMARTS) is 1. The van der Waals surface area contributed by atoms with E-state index in [4.69, 9.17) is 9.84 Å². The normalized spacial score (nSPS) is 13.1. The summed E-state index contributed by atoms with van der Waals surface area (Å²) in [5.41, 5.74) is 0. The fourth-order valence-corrected chi connectivity index (χ4v) is 1.51. The Hall–Kier alpha value is -1.00. The third-order valence-corrected chi connectivity index (χ3v) is 2.78. The van der Waals surface area contributed by atoms with Crippen molar-refractivity contribution in [3.8, 4) is 0 Å². The molecule has 1 N–H and O–H groups in total. The van der Waals surface area contributed by atoms with Crippen LogP contribution < -0.4 is 0 Å². The summed E-state index contributed by atoms with van der Waals surface area (Å²) in [6.07, 6.45) is -0.713. The minimum Gasteiger partial charge on any atom is -0.481 e. The van der Waals surface area contributed by atoms with Crippen molar-refractivity contribution in [2.24, 2.45) is 0 Å². The molecule has 0 spiro atoms. The molecule has 0 radical (unpaired) electrons. The molecule has 0 aromatic rings. The van der Waals surface area contributed by atoms with E-state index in [2.05, 4.69) is 4.74 Å². The van der Waals surface area contributed by atoms with Crippen LogP contribution in [0.3, 0.4) is 0 Å². The molecule has 0 bridgehead atoms. The largest absolute Gasteiger partial charge is 0.481 e. The van der Waals surface area contributed by atoms with Crippen molar-refractivity contribution in [2.75, 3.05) is 13.0 Å². The van der Waals surface area contributed by atoms with E-state index >= 15 is 0 Å². The first-order valence-corrected chi connectivity index (χ1v) is 5.91. The first-order valence-electron chi connectivity index (χ1n) is 4.40. The molecule has 0 aliphatic rings. The topological polar surface area (TPSA) is 89.9 Å². The number of carbonyl (C=O) groups excluding carboxylic acids is 1. The number of hydrogen-bond acceptors (Lipinski definition) is 5. The molecule has 0 aromatic heterocycles. The van der Waals surface area contributed by atoms with E-state index < -0.39 is 32.0 Å². The van der Waals surface area contributed by atoms with Crippen LogP contribution in [0.4, 0.5) is 0 Å². The number of rotatable bonds is 7. The van der Waals surface area contributed by atoms with Crippen LogP contribution in [0.15, 0.2) is 0 Å². The fourth-order valence-electron chi connectivity index (χ4n) is 0.700. The second kappa shape index (κ2) is 7.31. The Morgan fingerprint density at radius 3 is 2.53 bits per heavy atom. The van der Waals surface area contributed by atoms with Gasteiger partial charge in [0.15, 0.2) is 0 Å². The van der Waals surface area contributed by atoms with Crippen LogP contribution in [0.1, 0.15) is 20.3 Å². The Balaban J connectivity index is 3.90. The van der Waals surface area contributed by atoms with E-state index in [1.807, 2.05) is 0 Å². The Bertz CT molecular complexity index is 252. The van der Waals surface area contributed by atoms with Gasteiger partial charge in [-0.25, -0.2) is 0 Å². The molecule has 0 aliphatic carbocycles. The van der Waals surface area contributed by atoms with Crippen LogP contribution in [0.2, 0.25) is 0 Å². The SMILES string of the molecule is CCOC[P+](=O)C(C)OC(=O)CC(=O)O. The molecule has 0 saturated carbocycles. The summed E-state index contributed by atoms with van der Waals surface area (Å²) in [5.74, 6) is -2.99. The van der Waals surface area contributed by atoms with Crippen LogP contribution in [0, 0.1) is 0 Å². The lowest BCUT2D eigenvalue weighted by Crippen LogP contribution is -2.16. The zero-order valence-corrected chi connectivity index (χ0v) is 9.53. The zero-order chi connectivity index (χ0) is 11.8. The molecule has 0 heterocycles. The van der Waals surface area contributed by atoms with Crippen LogP contribution >= 0.6 is 7.80 Å². The van der Waals surface area contributed by atoms with Gasteiger partial charge in [-0.3, -0.25) is 9.59 Å². The van der Waals surface area contributed by atoms with Gasteiger partial charge in [-0.2, -0.15) is 0 Å². The Labute approximate surface area is 88.3 Å². The van der Waals surface area contributed by atoms with Gasteiger partial charge in [0.1, 0.15) is 6.42 Å². The quantitative estimate of drug-likeness (QED) is 0.406. The minimum absolute atomic E-state index is 0.00729. The highest BCUT2D eigenvalue weighted by molar-refractivity contribution is 7.45. The summed E-state index contributed by atoms with van der Waals surface area (Å²) in [5, 5.41) is 8.28. The van der Waals surface area contributed by atoms with Crippen molar-refractivity contribution in [1.29, 1.82) is 0 Å². The molecule has 0 rings (SSSR count). The average molecular weight is 237 g/mol. The first-order chi connectivity index (χ1) is 6.97. The van der Waals surface area contributed by atoms with Crippen LogP contribution in [-0.2, 0) is 23.6 Å². The number of hydrogen-bond donors (Lipinski definition) is 1. The van der Waals surface area contributed by atoms with Gasteiger partial charge < -0.3 is 14.6 Å². The molecule has 0 fully saturated rings. The third-order valence-electron chi connectivity index (χ3n) is 1.43. The van der Waals surface area contributed by atoms with Gasteiger partial charge >= 0.3 is 19.7 Å². The molecular formula is C8H14O6P+. The van der Waals surface area contributed by atoms with E-state index in [0.29, 0.717) is 6.61 Å². The monoisotopic (exact) mass is 237 g/mol. The van der Waals surface area contributed by atoms with Gasteiger partial charge in [0.2, 0.25) is 6.35 Å². The lowest BCUT2D eigenvalue weighted by atomic mass is 10.4. The molecule has 15 heavy (non-hydrogen) atoms. The van der Waals surface area contributed by atoms with Crippen LogP contribution in [-0.4, -0.2) is 35.8 Å². The van der Waals surface area contributed by atoms with Crippen molar-refractivity contribution in [1.82, 2.24) is 0 Å². The Morgan fingerprint density at radius 2 is 2.07 bits per heavy atom. The highest BCUT2D eigenvalue weighted by Gasteiger charge is 2.29. The lowest BCUT2D eigenvalue weighted by Gasteiger charge is -2.02. The van der Waals surface area contributed by atoms with E-state index in [0.717, 1.165) is 0 Å². The summed E-state index contributed by atoms with van der Waals surface area (Å²) < 4.78 is 20.8. The van der Waals surface area contributed by atoms with E-state index in [1.165, 1.54) is 6.92 Å². The molecular weight excluding hydrogens is 223 g/mol. The number of ether oxygens (including phenoxy) is 2. The molecule has 86 valence electrons. The second-order valence-electron chi connectivity index (χ2n) is 2.70. The number of esters is 1. The summed E-state index contributed by atoms with van der Waals surface area (Å²) in [7, 11) is -1.81. The first kappa shape index (κ1) is 14.0. The number of aliphatic carboxylic acids is 1. The fraction of sp³-hybridized carbons (Fsp3) is 0.750. The van der Waals surface area contributed by atoms with E-state index in [9.17, 15) is 14.2 Å². The molecule has 2 atom stereocenters. The average Bonchev–Trinajstić information content (AvgIpc) is 2.12. The van der Waals surface area contributed by atoms with Crippen molar-refractivity contribution in [3.05, 3.63) is 0 Å². The van der Waals surface area contributed by atoms with Crippen molar-refractivity contribution >= 4 is 19.7 Å². The number of carboxylic acids is 1. The summed E-state index contributed by atoms with van der Waals surface area (Å²) in [6.45, 7) is 3.62.